The summed E-state index contributed by atoms with van der Waals surface area (Å²) < 4.78 is 0. The van der Waals surface area contributed by atoms with Crippen molar-refractivity contribution in [3.8, 4) is 0 Å². The summed E-state index contributed by atoms with van der Waals surface area (Å²) in [7, 11) is 0. The monoisotopic (exact) mass is 390 g/mol. The molecule has 3 N–H and O–H groups in total. The minimum atomic E-state index is -0.0727. The van der Waals surface area contributed by atoms with E-state index in [4.69, 9.17) is 0 Å². The van der Waals surface area contributed by atoms with Gasteiger partial charge in [-0.25, -0.2) is 0 Å². The van der Waals surface area contributed by atoms with Crippen LogP contribution in [0.2, 0.25) is 0 Å². The lowest BCUT2D eigenvalue weighted by Crippen LogP contribution is -2.51. The molecule has 0 aliphatic carbocycles. The zero-order valence-corrected chi connectivity index (χ0v) is 16.7. The third kappa shape index (κ3) is 3.97. The van der Waals surface area contributed by atoms with Crippen LogP contribution in [0.15, 0.2) is 54.7 Å². The molecule has 150 valence electrons. The maximum Gasteiger partial charge on any atom is 0.257 e. The van der Waals surface area contributed by atoms with E-state index < -0.39 is 0 Å². The number of nitrogens with zero attached hydrogens (tertiary/aromatic N) is 1. The molecule has 1 aliphatic heterocycles. The summed E-state index contributed by atoms with van der Waals surface area (Å²) in [6.07, 6.45) is 2.78. The molecule has 2 amide bonds. The Morgan fingerprint density at radius 2 is 2.00 bits per heavy atom. The van der Waals surface area contributed by atoms with Gasteiger partial charge in [0.05, 0.1) is 5.56 Å². The predicted molar refractivity (Wildman–Crippen MR) is 116 cm³/mol. The second-order valence-electron chi connectivity index (χ2n) is 7.81. The molecule has 0 radical (unpaired) electrons. The van der Waals surface area contributed by atoms with Crippen LogP contribution in [0.4, 0.5) is 11.4 Å². The van der Waals surface area contributed by atoms with Gasteiger partial charge in [0, 0.05) is 41.4 Å². The van der Waals surface area contributed by atoms with E-state index in [1.807, 2.05) is 59.6 Å². The first-order valence-corrected chi connectivity index (χ1v) is 10.1. The summed E-state index contributed by atoms with van der Waals surface area (Å²) in [5.41, 5.74) is 3.39. The Morgan fingerprint density at radius 1 is 1.17 bits per heavy atom. The van der Waals surface area contributed by atoms with Crippen molar-refractivity contribution in [2.24, 2.45) is 5.92 Å². The predicted octanol–water partition coefficient (Wildman–Crippen LogP) is 4.44. The summed E-state index contributed by atoms with van der Waals surface area (Å²) in [6.45, 7) is 4.72. The maximum absolute atomic E-state index is 13.0. The summed E-state index contributed by atoms with van der Waals surface area (Å²) in [5, 5.41) is 7.48. The molecule has 0 saturated carbocycles. The molecule has 4 rings (SSSR count). The highest BCUT2D eigenvalue weighted by molar-refractivity contribution is 6.01. The Labute approximate surface area is 170 Å². The first kappa shape index (κ1) is 19.1. The number of aromatic amines is 1. The number of para-hydroxylation sites is 1. The van der Waals surface area contributed by atoms with Crippen LogP contribution in [0.1, 0.15) is 37.0 Å². The molecule has 0 bridgehead atoms. The number of carbonyl (C=O) groups excluding carboxylic acids is 2. The molecule has 0 spiro atoms. The van der Waals surface area contributed by atoms with Gasteiger partial charge in [-0.05, 0) is 48.7 Å². The SMILES string of the molecule is CC(C)[C@@H]1Nc2ccccc2C(=O)N1CCCC(=O)Nc1ccc2[nH]ccc2c1. The molecule has 1 aromatic heterocycles. The van der Waals surface area contributed by atoms with Crippen molar-refractivity contribution in [2.75, 3.05) is 17.2 Å². The number of rotatable bonds is 6. The van der Waals surface area contributed by atoms with Crippen LogP contribution in [0, 0.1) is 5.92 Å². The van der Waals surface area contributed by atoms with Gasteiger partial charge in [0.1, 0.15) is 6.17 Å². The van der Waals surface area contributed by atoms with Crippen LogP contribution in [-0.2, 0) is 4.79 Å². The van der Waals surface area contributed by atoms with E-state index in [-0.39, 0.29) is 23.9 Å². The topological polar surface area (TPSA) is 77.2 Å². The maximum atomic E-state index is 13.0. The lowest BCUT2D eigenvalue weighted by atomic mass is 10.0. The van der Waals surface area contributed by atoms with Crippen LogP contribution in [-0.4, -0.2) is 34.4 Å². The lowest BCUT2D eigenvalue weighted by Gasteiger charge is -2.40. The van der Waals surface area contributed by atoms with Crippen molar-refractivity contribution >= 4 is 34.1 Å². The summed E-state index contributed by atoms with van der Waals surface area (Å²) >= 11 is 0. The molecule has 0 saturated heterocycles. The number of carbonyl (C=O) groups is 2. The van der Waals surface area contributed by atoms with Crippen molar-refractivity contribution in [2.45, 2.75) is 32.9 Å². The molecule has 2 aromatic carbocycles. The number of anilines is 2. The first-order valence-electron chi connectivity index (χ1n) is 10.1. The van der Waals surface area contributed by atoms with E-state index in [0.717, 1.165) is 22.3 Å². The van der Waals surface area contributed by atoms with E-state index >= 15 is 0 Å². The number of fused-ring (bicyclic) bond motifs is 2. The van der Waals surface area contributed by atoms with E-state index in [9.17, 15) is 9.59 Å². The summed E-state index contributed by atoms with van der Waals surface area (Å²) in [6, 6.07) is 15.4. The van der Waals surface area contributed by atoms with Gasteiger partial charge in [-0.3, -0.25) is 9.59 Å². The van der Waals surface area contributed by atoms with Crippen LogP contribution in [0.5, 0.6) is 0 Å². The highest BCUT2D eigenvalue weighted by atomic mass is 16.2. The van der Waals surface area contributed by atoms with Crippen molar-refractivity contribution in [1.29, 1.82) is 0 Å². The Morgan fingerprint density at radius 3 is 2.83 bits per heavy atom. The molecule has 29 heavy (non-hydrogen) atoms. The molecule has 3 aromatic rings. The second kappa shape index (κ2) is 7.99. The quantitative estimate of drug-likeness (QED) is 0.582. The zero-order chi connectivity index (χ0) is 20.4. The Bertz CT molecular complexity index is 1040. The van der Waals surface area contributed by atoms with Crippen molar-refractivity contribution in [3.63, 3.8) is 0 Å². The number of hydrogen-bond acceptors (Lipinski definition) is 3. The van der Waals surface area contributed by atoms with Crippen LogP contribution in [0.25, 0.3) is 10.9 Å². The standard InChI is InChI=1S/C23H26N4O2/c1-15(2)22-26-20-7-4-3-6-18(20)23(29)27(22)13-5-8-21(28)25-17-9-10-19-16(14-17)11-12-24-19/h3-4,6-7,9-12,14-15,22,24,26H,5,8,13H2,1-2H3,(H,25,28)/t22-/m1/s1. The average molecular weight is 390 g/mol. The van der Waals surface area contributed by atoms with E-state index in [2.05, 4.69) is 29.5 Å². The molecule has 0 fully saturated rings. The second-order valence-corrected chi connectivity index (χ2v) is 7.81. The number of aromatic nitrogens is 1. The van der Waals surface area contributed by atoms with E-state index in [1.54, 1.807) is 0 Å². The highest BCUT2D eigenvalue weighted by Gasteiger charge is 2.33. The third-order valence-corrected chi connectivity index (χ3v) is 5.33. The molecular weight excluding hydrogens is 364 g/mol. The third-order valence-electron chi connectivity index (χ3n) is 5.33. The molecule has 1 atom stereocenters. The number of amides is 2. The van der Waals surface area contributed by atoms with Crippen molar-refractivity contribution in [3.05, 3.63) is 60.3 Å². The van der Waals surface area contributed by atoms with Crippen molar-refractivity contribution < 1.29 is 9.59 Å². The highest BCUT2D eigenvalue weighted by Crippen LogP contribution is 2.28. The number of hydrogen-bond donors (Lipinski definition) is 3. The lowest BCUT2D eigenvalue weighted by molar-refractivity contribution is -0.116. The molecular formula is C23H26N4O2. The fourth-order valence-electron chi connectivity index (χ4n) is 3.85. The molecule has 6 heteroatoms. The fourth-order valence-corrected chi connectivity index (χ4v) is 3.85. The smallest absolute Gasteiger partial charge is 0.257 e. The average Bonchev–Trinajstić information content (AvgIpc) is 3.17. The van der Waals surface area contributed by atoms with Crippen LogP contribution in [0.3, 0.4) is 0 Å². The largest absolute Gasteiger partial charge is 0.364 e. The molecule has 6 nitrogen and oxygen atoms in total. The normalized spacial score (nSPS) is 16.0. The van der Waals surface area contributed by atoms with Gasteiger partial charge >= 0.3 is 0 Å². The summed E-state index contributed by atoms with van der Waals surface area (Å²) in [4.78, 5) is 30.4. The van der Waals surface area contributed by atoms with Gasteiger partial charge in [-0.1, -0.05) is 26.0 Å². The number of nitrogens with one attached hydrogen (secondary N) is 3. The van der Waals surface area contributed by atoms with Crippen molar-refractivity contribution in [1.82, 2.24) is 9.88 Å². The van der Waals surface area contributed by atoms with Gasteiger partial charge in [-0.2, -0.15) is 0 Å². The fraction of sp³-hybridized carbons (Fsp3) is 0.304. The van der Waals surface area contributed by atoms with E-state index in [1.165, 1.54) is 0 Å². The number of benzene rings is 2. The molecule has 0 unspecified atom stereocenters. The van der Waals surface area contributed by atoms with Crippen LogP contribution >= 0.6 is 0 Å². The van der Waals surface area contributed by atoms with Gasteiger partial charge in [-0.15, -0.1) is 0 Å². The van der Waals surface area contributed by atoms with E-state index in [0.29, 0.717) is 24.9 Å². The van der Waals surface area contributed by atoms with Gasteiger partial charge in [0.25, 0.3) is 5.91 Å². The van der Waals surface area contributed by atoms with Gasteiger partial charge in [0.2, 0.25) is 5.91 Å². The minimum absolute atomic E-state index is 0.0244. The zero-order valence-electron chi connectivity index (χ0n) is 16.7. The van der Waals surface area contributed by atoms with Gasteiger partial charge < -0.3 is 20.5 Å². The molecule has 1 aliphatic rings. The van der Waals surface area contributed by atoms with Crippen LogP contribution < -0.4 is 10.6 Å². The first-order chi connectivity index (χ1) is 14.0. The Kier molecular flexibility index (Phi) is 5.25. The van der Waals surface area contributed by atoms with Gasteiger partial charge in [0.15, 0.2) is 0 Å². The Balaban J connectivity index is 1.37. The Hall–Kier alpha value is -3.28. The number of H-pyrrole nitrogens is 1. The molecule has 2 heterocycles. The summed E-state index contributed by atoms with van der Waals surface area (Å²) in [5.74, 6) is 0.240. The minimum Gasteiger partial charge on any atom is -0.364 e.